The molecule has 0 saturated heterocycles. The molecule has 142 valence electrons. The number of carbonyl (C=O) groups excluding carboxylic acids is 2. The normalized spacial score (nSPS) is 13.6. The molecular weight excluding hydrogens is 370 g/mol. The Labute approximate surface area is 167 Å². The van der Waals surface area contributed by atoms with Gasteiger partial charge < -0.3 is 10.2 Å². The van der Waals surface area contributed by atoms with Gasteiger partial charge in [0.1, 0.15) is 5.82 Å². The highest BCUT2D eigenvalue weighted by Crippen LogP contribution is 2.31. The number of anilines is 1. The fourth-order valence-electron chi connectivity index (χ4n) is 3.33. The van der Waals surface area contributed by atoms with Crippen molar-refractivity contribution in [3.8, 4) is 0 Å². The first-order valence-electron chi connectivity index (χ1n) is 9.20. The Kier molecular flexibility index (Phi) is 4.96. The van der Waals surface area contributed by atoms with Crippen LogP contribution >= 0.6 is 11.3 Å². The maximum Gasteiger partial charge on any atom is 0.246 e. The van der Waals surface area contributed by atoms with Gasteiger partial charge in [-0.2, -0.15) is 0 Å². The number of fused-ring (bicyclic) bond motifs is 2. The molecule has 2 aromatic heterocycles. The third kappa shape index (κ3) is 3.68. The van der Waals surface area contributed by atoms with E-state index < -0.39 is 0 Å². The largest absolute Gasteiger partial charge is 0.337 e. The highest BCUT2D eigenvalue weighted by molar-refractivity contribution is 7.19. The van der Waals surface area contributed by atoms with Crippen molar-refractivity contribution in [2.45, 2.75) is 26.3 Å². The summed E-state index contributed by atoms with van der Waals surface area (Å²) in [6.45, 7) is 2.70. The van der Waals surface area contributed by atoms with Crippen molar-refractivity contribution in [1.82, 2.24) is 9.88 Å². The molecule has 2 amide bonds. The van der Waals surface area contributed by atoms with E-state index in [1.165, 1.54) is 20.5 Å². The molecule has 0 atom stereocenters. The average molecular weight is 391 g/mol. The van der Waals surface area contributed by atoms with Crippen molar-refractivity contribution in [2.24, 2.45) is 0 Å². The van der Waals surface area contributed by atoms with E-state index in [0.29, 0.717) is 25.2 Å². The number of hydrogen-bond acceptors (Lipinski definition) is 4. The standard InChI is InChI=1S/C22H21N3O2S/c1-14-17-5-3-4-6-18(17)28-19(14)13-25(2)21(27)10-7-15-11-16-8-9-20(26)24-22(16)23-12-15/h3-7,10-12H,8-9,13H2,1-2H3,(H,23,24,26). The van der Waals surface area contributed by atoms with E-state index in [1.807, 2.05) is 25.2 Å². The lowest BCUT2D eigenvalue weighted by Gasteiger charge is -2.16. The zero-order valence-corrected chi connectivity index (χ0v) is 16.7. The molecule has 6 heteroatoms. The first-order chi connectivity index (χ1) is 13.5. The van der Waals surface area contributed by atoms with Crippen molar-refractivity contribution in [3.63, 3.8) is 0 Å². The minimum Gasteiger partial charge on any atom is -0.337 e. The number of nitrogens with zero attached hydrogens (tertiary/aromatic N) is 2. The molecule has 1 aliphatic rings. The summed E-state index contributed by atoms with van der Waals surface area (Å²) in [4.78, 5) is 31.2. The molecule has 0 unspecified atom stereocenters. The van der Waals surface area contributed by atoms with E-state index in [2.05, 4.69) is 29.4 Å². The number of likely N-dealkylation sites (N-methyl/N-ethyl adjacent to an activating group) is 1. The van der Waals surface area contributed by atoms with Gasteiger partial charge in [-0.05, 0) is 53.6 Å². The molecule has 1 aliphatic heterocycles. The second-order valence-electron chi connectivity index (χ2n) is 7.00. The summed E-state index contributed by atoms with van der Waals surface area (Å²) in [6, 6.07) is 10.3. The Morgan fingerprint density at radius 2 is 2.14 bits per heavy atom. The third-order valence-corrected chi connectivity index (χ3v) is 6.24. The molecule has 0 saturated carbocycles. The van der Waals surface area contributed by atoms with Crippen LogP contribution in [0.1, 0.15) is 28.0 Å². The smallest absolute Gasteiger partial charge is 0.246 e. The molecule has 0 aliphatic carbocycles. The summed E-state index contributed by atoms with van der Waals surface area (Å²) in [6.07, 6.45) is 6.17. The summed E-state index contributed by atoms with van der Waals surface area (Å²) in [5, 5.41) is 4.02. The predicted octanol–water partition coefficient (Wildman–Crippen LogP) is 4.16. The Hall–Kier alpha value is -2.99. The first kappa shape index (κ1) is 18.4. The number of carbonyl (C=O) groups is 2. The molecule has 0 spiro atoms. The molecule has 1 aromatic carbocycles. The molecule has 3 heterocycles. The molecule has 3 aromatic rings. The van der Waals surface area contributed by atoms with Gasteiger partial charge in [0.25, 0.3) is 0 Å². The van der Waals surface area contributed by atoms with E-state index in [9.17, 15) is 9.59 Å². The van der Waals surface area contributed by atoms with Crippen molar-refractivity contribution in [1.29, 1.82) is 0 Å². The molecule has 1 N–H and O–H groups in total. The molecular formula is C22H21N3O2S. The fraction of sp³-hybridized carbons (Fsp3) is 0.227. The number of aromatic nitrogens is 1. The maximum atomic E-state index is 12.5. The van der Waals surface area contributed by atoms with Gasteiger partial charge in [-0.1, -0.05) is 18.2 Å². The molecule has 0 bridgehead atoms. The monoisotopic (exact) mass is 391 g/mol. The Morgan fingerprint density at radius 1 is 1.32 bits per heavy atom. The van der Waals surface area contributed by atoms with Crippen LogP contribution in [0, 0.1) is 6.92 Å². The van der Waals surface area contributed by atoms with Crippen LogP contribution in [0.3, 0.4) is 0 Å². The average Bonchev–Trinajstić information content (AvgIpc) is 3.01. The van der Waals surface area contributed by atoms with Crippen molar-refractivity contribution in [3.05, 3.63) is 64.2 Å². The maximum absolute atomic E-state index is 12.5. The van der Waals surface area contributed by atoms with Crippen LogP contribution in [-0.4, -0.2) is 28.7 Å². The topological polar surface area (TPSA) is 62.3 Å². The molecule has 5 nitrogen and oxygen atoms in total. The van der Waals surface area contributed by atoms with Crippen LogP contribution < -0.4 is 5.32 Å². The number of thiophene rings is 1. The number of rotatable bonds is 4. The van der Waals surface area contributed by atoms with Crippen molar-refractivity contribution in [2.75, 3.05) is 12.4 Å². The van der Waals surface area contributed by atoms with Crippen LogP contribution in [-0.2, 0) is 22.6 Å². The van der Waals surface area contributed by atoms with E-state index in [-0.39, 0.29) is 11.8 Å². The molecule has 28 heavy (non-hydrogen) atoms. The van der Waals surface area contributed by atoms with Crippen LogP contribution in [0.25, 0.3) is 16.2 Å². The van der Waals surface area contributed by atoms with Gasteiger partial charge in [0.15, 0.2) is 0 Å². The molecule has 0 fully saturated rings. The summed E-state index contributed by atoms with van der Waals surface area (Å²) >= 11 is 1.74. The van der Waals surface area contributed by atoms with E-state index in [1.54, 1.807) is 34.6 Å². The Balaban J connectivity index is 1.45. The molecule has 4 rings (SSSR count). The number of benzene rings is 1. The number of hydrogen-bond donors (Lipinski definition) is 1. The van der Waals surface area contributed by atoms with Gasteiger partial charge in [0.2, 0.25) is 11.8 Å². The van der Waals surface area contributed by atoms with Crippen LogP contribution in [0.2, 0.25) is 0 Å². The zero-order chi connectivity index (χ0) is 19.7. The minimum atomic E-state index is -0.0529. The number of pyridine rings is 1. The summed E-state index contributed by atoms with van der Waals surface area (Å²) in [7, 11) is 1.82. The fourth-order valence-corrected chi connectivity index (χ4v) is 4.59. The highest BCUT2D eigenvalue weighted by Gasteiger charge is 2.16. The Morgan fingerprint density at radius 3 is 2.96 bits per heavy atom. The summed E-state index contributed by atoms with van der Waals surface area (Å²) in [5.41, 5.74) is 3.10. The highest BCUT2D eigenvalue weighted by atomic mass is 32.1. The van der Waals surface area contributed by atoms with Gasteiger partial charge >= 0.3 is 0 Å². The summed E-state index contributed by atoms with van der Waals surface area (Å²) in [5.74, 6) is 0.566. The van der Waals surface area contributed by atoms with Gasteiger partial charge in [-0.25, -0.2) is 4.98 Å². The predicted molar refractivity (Wildman–Crippen MR) is 113 cm³/mol. The minimum absolute atomic E-state index is 0.00312. The van der Waals surface area contributed by atoms with Gasteiger partial charge in [-0.15, -0.1) is 11.3 Å². The van der Waals surface area contributed by atoms with Gasteiger partial charge in [0, 0.05) is 35.3 Å². The quantitative estimate of drug-likeness (QED) is 0.679. The lowest BCUT2D eigenvalue weighted by Crippen LogP contribution is -2.24. The van der Waals surface area contributed by atoms with Gasteiger partial charge in [-0.3, -0.25) is 9.59 Å². The molecule has 0 radical (unpaired) electrons. The second-order valence-corrected chi connectivity index (χ2v) is 8.14. The van der Waals surface area contributed by atoms with E-state index >= 15 is 0 Å². The lowest BCUT2D eigenvalue weighted by molar-refractivity contribution is -0.125. The third-order valence-electron chi connectivity index (χ3n) is 4.98. The number of aryl methyl sites for hydroxylation is 2. The Bertz CT molecular complexity index is 1100. The number of nitrogens with one attached hydrogen (secondary N) is 1. The first-order valence-corrected chi connectivity index (χ1v) is 10.0. The summed E-state index contributed by atoms with van der Waals surface area (Å²) < 4.78 is 1.25. The van der Waals surface area contributed by atoms with Gasteiger partial charge in [0.05, 0.1) is 6.54 Å². The lowest BCUT2D eigenvalue weighted by atomic mass is 10.0. The van der Waals surface area contributed by atoms with Crippen molar-refractivity contribution >= 4 is 45.1 Å². The second kappa shape index (κ2) is 7.56. The number of amides is 2. The van der Waals surface area contributed by atoms with Crippen molar-refractivity contribution < 1.29 is 9.59 Å². The van der Waals surface area contributed by atoms with Crippen LogP contribution in [0.15, 0.2) is 42.6 Å². The SMILES string of the molecule is Cc1c(CN(C)C(=O)C=Cc2cnc3c(c2)CCC(=O)N3)sc2ccccc12. The van der Waals surface area contributed by atoms with E-state index in [0.717, 1.165) is 11.1 Å². The van der Waals surface area contributed by atoms with E-state index in [4.69, 9.17) is 0 Å². The van der Waals surface area contributed by atoms with Crippen LogP contribution in [0.5, 0.6) is 0 Å². The van der Waals surface area contributed by atoms with Crippen LogP contribution in [0.4, 0.5) is 5.82 Å². The zero-order valence-electron chi connectivity index (χ0n) is 15.9.